The van der Waals surface area contributed by atoms with Crippen LogP contribution in [0.5, 0.6) is 5.88 Å². The highest BCUT2D eigenvalue weighted by molar-refractivity contribution is 6.30. The first kappa shape index (κ1) is 16.6. The average molecular weight is 346 g/mol. The summed E-state index contributed by atoms with van der Waals surface area (Å²) in [6, 6.07) is 11.1. The van der Waals surface area contributed by atoms with Crippen molar-refractivity contribution in [3.8, 4) is 5.88 Å². The normalized spacial score (nSPS) is 14.8. The monoisotopic (exact) mass is 345 g/mol. The summed E-state index contributed by atoms with van der Waals surface area (Å²) in [6.07, 6.45) is 3.96. The molecule has 1 aromatic heterocycles. The van der Waals surface area contributed by atoms with Crippen molar-refractivity contribution in [3.63, 3.8) is 0 Å². The smallest absolute Gasteiger partial charge is 0.315 e. The minimum absolute atomic E-state index is 0.0243. The van der Waals surface area contributed by atoms with E-state index in [2.05, 4.69) is 15.6 Å². The molecule has 1 atom stereocenters. The molecule has 2 aromatic rings. The molecule has 0 saturated heterocycles. The molecular formula is C18H20ClN3O2. The molecule has 0 spiro atoms. The number of carbonyl (C=O) groups excluding carboxylic acids is 1. The maximum Gasteiger partial charge on any atom is 0.315 e. The van der Waals surface area contributed by atoms with Gasteiger partial charge in [-0.3, -0.25) is 0 Å². The number of rotatable bonds is 6. The van der Waals surface area contributed by atoms with Gasteiger partial charge in [0.05, 0.1) is 13.2 Å². The lowest BCUT2D eigenvalue weighted by atomic mass is 10.0. The molecule has 24 heavy (non-hydrogen) atoms. The molecule has 1 aromatic carbocycles. The van der Waals surface area contributed by atoms with E-state index in [4.69, 9.17) is 16.3 Å². The van der Waals surface area contributed by atoms with Crippen LogP contribution in [0.3, 0.4) is 0 Å². The fourth-order valence-corrected chi connectivity index (χ4v) is 2.71. The molecule has 5 nitrogen and oxygen atoms in total. The third-order valence-electron chi connectivity index (χ3n) is 4.07. The molecule has 0 radical (unpaired) electrons. The van der Waals surface area contributed by atoms with Gasteiger partial charge >= 0.3 is 6.03 Å². The maximum atomic E-state index is 12.2. The molecule has 1 aliphatic carbocycles. The van der Waals surface area contributed by atoms with Crippen LogP contribution in [-0.4, -0.2) is 18.1 Å². The van der Waals surface area contributed by atoms with Gasteiger partial charge in [-0.1, -0.05) is 29.8 Å². The number of carbonyl (C=O) groups is 1. The number of methoxy groups -OCH3 is 1. The third-order valence-corrected chi connectivity index (χ3v) is 4.32. The van der Waals surface area contributed by atoms with Crippen molar-refractivity contribution < 1.29 is 9.53 Å². The van der Waals surface area contributed by atoms with Gasteiger partial charge in [0.25, 0.3) is 0 Å². The molecule has 1 heterocycles. The molecule has 1 unspecified atom stereocenters. The third kappa shape index (κ3) is 4.38. The van der Waals surface area contributed by atoms with Crippen LogP contribution in [0.1, 0.15) is 30.0 Å². The standard InChI is InChI=1S/C18H20ClN3O2/c1-24-16-9-2-12(10-20-16)11-21-18(23)22-17(13-3-4-13)14-5-7-15(19)8-6-14/h2,5-10,13,17H,3-4,11H2,1H3,(H2,21,22,23). The van der Waals surface area contributed by atoms with Crippen molar-refractivity contribution in [2.75, 3.05) is 7.11 Å². The Balaban J connectivity index is 1.56. The number of amides is 2. The van der Waals surface area contributed by atoms with Gasteiger partial charge in [-0.25, -0.2) is 9.78 Å². The summed E-state index contributed by atoms with van der Waals surface area (Å²) < 4.78 is 5.02. The molecule has 126 valence electrons. The molecular weight excluding hydrogens is 326 g/mol. The summed E-state index contributed by atoms with van der Waals surface area (Å²) >= 11 is 5.94. The number of halogens is 1. The van der Waals surface area contributed by atoms with Crippen LogP contribution in [0.4, 0.5) is 4.79 Å². The largest absolute Gasteiger partial charge is 0.481 e. The highest BCUT2D eigenvalue weighted by Crippen LogP contribution is 2.41. The van der Waals surface area contributed by atoms with E-state index in [1.165, 1.54) is 0 Å². The fourth-order valence-electron chi connectivity index (χ4n) is 2.58. The first-order valence-electron chi connectivity index (χ1n) is 7.94. The lowest BCUT2D eigenvalue weighted by molar-refractivity contribution is 0.235. The minimum Gasteiger partial charge on any atom is -0.481 e. The van der Waals surface area contributed by atoms with Gasteiger partial charge in [0.2, 0.25) is 5.88 Å². The van der Waals surface area contributed by atoms with E-state index in [0.29, 0.717) is 23.4 Å². The molecule has 6 heteroatoms. The zero-order valence-electron chi connectivity index (χ0n) is 13.5. The van der Waals surface area contributed by atoms with Gasteiger partial charge in [0.15, 0.2) is 0 Å². The van der Waals surface area contributed by atoms with Crippen molar-refractivity contribution in [2.45, 2.75) is 25.4 Å². The van der Waals surface area contributed by atoms with Crippen molar-refractivity contribution >= 4 is 17.6 Å². The first-order chi connectivity index (χ1) is 11.7. The summed E-state index contributed by atoms with van der Waals surface area (Å²) in [6.45, 7) is 0.417. The molecule has 3 rings (SSSR count). The molecule has 1 fully saturated rings. The number of ether oxygens (including phenoxy) is 1. The van der Waals surface area contributed by atoms with Gasteiger partial charge in [0, 0.05) is 23.8 Å². The number of hydrogen-bond acceptors (Lipinski definition) is 3. The Morgan fingerprint density at radius 1 is 1.29 bits per heavy atom. The molecule has 1 aliphatic rings. The first-order valence-corrected chi connectivity index (χ1v) is 8.32. The van der Waals surface area contributed by atoms with Crippen LogP contribution in [0.15, 0.2) is 42.6 Å². The molecule has 0 bridgehead atoms. The number of nitrogens with zero attached hydrogens (tertiary/aromatic N) is 1. The second-order valence-electron chi connectivity index (χ2n) is 5.90. The number of pyridine rings is 1. The van der Waals surface area contributed by atoms with E-state index < -0.39 is 0 Å². The second-order valence-corrected chi connectivity index (χ2v) is 6.34. The zero-order valence-corrected chi connectivity index (χ0v) is 14.2. The van der Waals surface area contributed by atoms with E-state index in [1.807, 2.05) is 30.3 Å². The van der Waals surface area contributed by atoms with Crippen LogP contribution in [-0.2, 0) is 6.54 Å². The predicted octanol–water partition coefficient (Wildman–Crippen LogP) is 3.69. The Hall–Kier alpha value is -2.27. The van der Waals surface area contributed by atoms with E-state index in [-0.39, 0.29) is 12.1 Å². The maximum absolute atomic E-state index is 12.2. The summed E-state index contributed by atoms with van der Waals surface area (Å²) in [5.74, 6) is 1.05. The Kier molecular flexibility index (Phi) is 5.20. The van der Waals surface area contributed by atoms with Crippen LogP contribution >= 0.6 is 11.6 Å². The lowest BCUT2D eigenvalue weighted by Gasteiger charge is -2.19. The summed E-state index contributed by atoms with van der Waals surface area (Å²) in [5.41, 5.74) is 2.00. The van der Waals surface area contributed by atoms with Gasteiger partial charge in [0.1, 0.15) is 0 Å². The summed E-state index contributed by atoms with van der Waals surface area (Å²) in [4.78, 5) is 16.4. The Morgan fingerprint density at radius 3 is 2.62 bits per heavy atom. The van der Waals surface area contributed by atoms with E-state index in [0.717, 1.165) is 24.0 Å². The van der Waals surface area contributed by atoms with E-state index in [9.17, 15) is 4.79 Å². The van der Waals surface area contributed by atoms with Crippen LogP contribution in [0.2, 0.25) is 5.02 Å². The van der Waals surface area contributed by atoms with Crippen LogP contribution < -0.4 is 15.4 Å². The Morgan fingerprint density at radius 2 is 2.04 bits per heavy atom. The van der Waals surface area contributed by atoms with Crippen LogP contribution in [0.25, 0.3) is 0 Å². The van der Waals surface area contributed by atoms with Crippen molar-refractivity contribution in [3.05, 3.63) is 58.7 Å². The van der Waals surface area contributed by atoms with Crippen molar-refractivity contribution in [1.82, 2.24) is 15.6 Å². The summed E-state index contributed by atoms with van der Waals surface area (Å²) in [7, 11) is 1.57. The number of hydrogen-bond donors (Lipinski definition) is 2. The highest BCUT2D eigenvalue weighted by atomic mass is 35.5. The van der Waals surface area contributed by atoms with Crippen molar-refractivity contribution in [2.24, 2.45) is 5.92 Å². The minimum atomic E-state index is -0.183. The van der Waals surface area contributed by atoms with Gasteiger partial charge in [-0.05, 0) is 42.0 Å². The van der Waals surface area contributed by atoms with Gasteiger partial charge in [-0.15, -0.1) is 0 Å². The SMILES string of the molecule is COc1ccc(CNC(=O)NC(c2ccc(Cl)cc2)C2CC2)cn1. The van der Waals surface area contributed by atoms with Gasteiger partial charge < -0.3 is 15.4 Å². The Labute approximate surface area is 146 Å². The number of aromatic nitrogens is 1. The zero-order chi connectivity index (χ0) is 16.9. The average Bonchev–Trinajstić information content (AvgIpc) is 3.44. The topological polar surface area (TPSA) is 63.2 Å². The van der Waals surface area contributed by atoms with E-state index >= 15 is 0 Å². The highest BCUT2D eigenvalue weighted by Gasteiger charge is 2.33. The van der Waals surface area contributed by atoms with Crippen molar-refractivity contribution in [1.29, 1.82) is 0 Å². The molecule has 0 aliphatic heterocycles. The van der Waals surface area contributed by atoms with E-state index in [1.54, 1.807) is 19.4 Å². The number of nitrogens with one attached hydrogen (secondary N) is 2. The Bertz CT molecular complexity index is 684. The fraction of sp³-hybridized carbons (Fsp3) is 0.333. The molecule has 2 amide bonds. The van der Waals surface area contributed by atoms with Crippen LogP contribution in [0, 0.1) is 5.92 Å². The molecule has 1 saturated carbocycles. The summed E-state index contributed by atoms with van der Waals surface area (Å²) in [5, 5.41) is 6.64. The number of benzene rings is 1. The predicted molar refractivity (Wildman–Crippen MR) is 93.1 cm³/mol. The quantitative estimate of drug-likeness (QED) is 0.839. The van der Waals surface area contributed by atoms with Gasteiger partial charge in [-0.2, -0.15) is 0 Å². The number of urea groups is 1. The molecule has 2 N–H and O–H groups in total. The lowest BCUT2D eigenvalue weighted by Crippen LogP contribution is -2.38. The second kappa shape index (κ2) is 7.53.